The number of carbonyl (C=O) groups excluding carboxylic acids is 1. The van der Waals surface area contributed by atoms with Gasteiger partial charge in [-0.1, -0.05) is 31.2 Å². The van der Waals surface area contributed by atoms with Crippen molar-refractivity contribution >= 4 is 23.5 Å². The smallest absolute Gasteiger partial charge is 0.132 e. The predicted molar refractivity (Wildman–Crippen MR) is 111 cm³/mol. The fourth-order valence-corrected chi connectivity index (χ4v) is 4.09. The van der Waals surface area contributed by atoms with Gasteiger partial charge in [0.1, 0.15) is 17.9 Å². The zero-order chi connectivity index (χ0) is 20.5. The zero-order valence-electron chi connectivity index (χ0n) is 16.3. The Kier molecular flexibility index (Phi) is 5.61. The molecule has 0 aliphatic rings. The third-order valence-corrected chi connectivity index (χ3v) is 6.24. The van der Waals surface area contributed by atoms with Gasteiger partial charge in [0, 0.05) is 23.6 Å². The number of anilines is 1. The van der Waals surface area contributed by atoms with Gasteiger partial charge < -0.3 is 10.1 Å². The van der Waals surface area contributed by atoms with Gasteiger partial charge in [-0.05, 0) is 55.1 Å². The molecule has 1 aromatic heterocycles. The van der Waals surface area contributed by atoms with E-state index >= 15 is 0 Å². The molecule has 0 fully saturated rings. The topological polar surface area (TPSA) is 42.0 Å². The summed E-state index contributed by atoms with van der Waals surface area (Å²) in [5.74, 6) is -1.02. The maximum absolute atomic E-state index is 14.9. The van der Waals surface area contributed by atoms with Gasteiger partial charge in [-0.25, -0.2) is 8.78 Å². The van der Waals surface area contributed by atoms with Crippen LogP contribution in [0.3, 0.4) is 0 Å². The lowest BCUT2D eigenvalue weighted by Gasteiger charge is -2.21. The molecule has 146 valence electrons. The second kappa shape index (κ2) is 7.80. The number of hydrogen-bond acceptors (Lipinski definition) is 4. The summed E-state index contributed by atoms with van der Waals surface area (Å²) < 4.78 is 33.9. The number of aldehydes is 1. The van der Waals surface area contributed by atoms with E-state index in [0.717, 1.165) is 29.1 Å². The number of hydrogen-bond donors (Lipinski definition) is 1. The number of halogens is 2. The van der Waals surface area contributed by atoms with Gasteiger partial charge in [-0.15, -0.1) is 0 Å². The highest BCUT2D eigenvalue weighted by Gasteiger charge is 2.24. The molecule has 0 saturated heterocycles. The Morgan fingerprint density at radius 2 is 1.75 bits per heavy atom. The van der Waals surface area contributed by atoms with Crippen LogP contribution >= 0.6 is 11.5 Å². The molecule has 1 unspecified atom stereocenters. The summed E-state index contributed by atoms with van der Waals surface area (Å²) in [5.41, 5.74) is 2.65. The van der Waals surface area contributed by atoms with E-state index < -0.39 is 17.0 Å². The first-order chi connectivity index (χ1) is 13.3. The molecule has 6 heteroatoms. The van der Waals surface area contributed by atoms with Gasteiger partial charge >= 0.3 is 0 Å². The number of aryl methyl sites for hydroxylation is 1. The van der Waals surface area contributed by atoms with Crippen molar-refractivity contribution in [1.29, 1.82) is 0 Å². The molecule has 3 aromatic rings. The standard InChI is InChI=1S/C22H22F2N2OS/c1-5-22(3,12-27)15-8-6-14(7-9-15)16-10-19(24)17(11-18(16)23)21-20(25-4)13(2)26-28-21/h6-12,25H,5H2,1-4H3. The number of benzene rings is 2. The first-order valence-electron chi connectivity index (χ1n) is 9.05. The van der Waals surface area contributed by atoms with E-state index in [0.29, 0.717) is 22.5 Å². The van der Waals surface area contributed by atoms with Crippen molar-refractivity contribution in [3.05, 3.63) is 59.3 Å². The Morgan fingerprint density at radius 1 is 1.14 bits per heavy atom. The summed E-state index contributed by atoms with van der Waals surface area (Å²) in [4.78, 5) is 12.0. The number of nitrogens with zero attached hydrogens (tertiary/aromatic N) is 1. The molecule has 0 radical (unpaired) electrons. The van der Waals surface area contributed by atoms with Crippen LogP contribution in [0.1, 0.15) is 31.5 Å². The van der Waals surface area contributed by atoms with Crippen molar-refractivity contribution in [2.75, 3.05) is 12.4 Å². The Bertz CT molecular complexity index is 1010. The predicted octanol–water partition coefficient (Wildman–Crippen LogP) is 5.97. The highest BCUT2D eigenvalue weighted by atomic mass is 32.1. The number of carbonyl (C=O) groups is 1. The minimum Gasteiger partial charge on any atom is -0.385 e. The van der Waals surface area contributed by atoms with Gasteiger partial charge in [0.2, 0.25) is 0 Å². The molecule has 28 heavy (non-hydrogen) atoms. The molecule has 1 heterocycles. The van der Waals surface area contributed by atoms with E-state index in [1.54, 1.807) is 31.3 Å². The van der Waals surface area contributed by atoms with E-state index in [9.17, 15) is 13.6 Å². The van der Waals surface area contributed by atoms with Crippen molar-refractivity contribution in [2.45, 2.75) is 32.6 Å². The van der Waals surface area contributed by atoms with Crippen molar-refractivity contribution < 1.29 is 13.6 Å². The molecule has 0 bridgehead atoms. The third kappa shape index (κ3) is 3.44. The molecule has 0 aliphatic carbocycles. The average molecular weight is 400 g/mol. The largest absolute Gasteiger partial charge is 0.385 e. The monoisotopic (exact) mass is 400 g/mol. The Labute approximate surface area is 167 Å². The van der Waals surface area contributed by atoms with E-state index in [1.165, 1.54) is 12.1 Å². The third-order valence-electron chi connectivity index (χ3n) is 5.26. The number of rotatable bonds is 6. The molecule has 0 spiro atoms. The Hall–Kier alpha value is -2.60. The van der Waals surface area contributed by atoms with Crippen molar-refractivity contribution in [3.8, 4) is 21.6 Å². The normalized spacial score (nSPS) is 13.2. The summed E-state index contributed by atoms with van der Waals surface area (Å²) in [7, 11) is 1.73. The minimum atomic E-state index is -0.584. The van der Waals surface area contributed by atoms with Gasteiger partial charge in [-0.3, -0.25) is 0 Å². The molecule has 3 nitrogen and oxygen atoms in total. The fourth-order valence-electron chi connectivity index (χ4n) is 3.18. The number of aromatic nitrogens is 1. The lowest BCUT2D eigenvalue weighted by atomic mass is 9.81. The van der Waals surface area contributed by atoms with Gasteiger partial charge in [0.25, 0.3) is 0 Å². The van der Waals surface area contributed by atoms with Crippen molar-refractivity contribution in [1.82, 2.24) is 4.37 Å². The first-order valence-corrected chi connectivity index (χ1v) is 9.82. The average Bonchev–Trinajstić information content (AvgIpc) is 3.09. The summed E-state index contributed by atoms with van der Waals surface area (Å²) in [6.07, 6.45) is 1.59. The van der Waals surface area contributed by atoms with E-state index in [1.807, 2.05) is 20.8 Å². The van der Waals surface area contributed by atoms with Crippen LogP contribution in [0.2, 0.25) is 0 Å². The Morgan fingerprint density at radius 3 is 2.32 bits per heavy atom. The molecule has 1 atom stereocenters. The van der Waals surface area contributed by atoms with Gasteiger partial charge in [0.05, 0.1) is 16.3 Å². The number of nitrogens with one attached hydrogen (secondary N) is 1. The van der Waals surface area contributed by atoms with Crippen LogP contribution < -0.4 is 5.32 Å². The van der Waals surface area contributed by atoms with Crippen LogP contribution in [0.5, 0.6) is 0 Å². The summed E-state index contributed by atoms with van der Waals surface area (Å²) in [6, 6.07) is 9.47. The molecular weight excluding hydrogens is 378 g/mol. The second-order valence-corrected chi connectivity index (χ2v) is 7.77. The summed E-state index contributed by atoms with van der Waals surface area (Å²) in [6.45, 7) is 5.62. The fraction of sp³-hybridized carbons (Fsp3) is 0.273. The lowest BCUT2D eigenvalue weighted by molar-refractivity contribution is -0.112. The highest BCUT2D eigenvalue weighted by molar-refractivity contribution is 7.10. The zero-order valence-corrected chi connectivity index (χ0v) is 17.1. The second-order valence-electron chi connectivity index (χ2n) is 7.00. The molecule has 2 aromatic carbocycles. The highest BCUT2D eigenvalue weighted by Crippen LogP contribution is 2.38. The lowest BCUT2D eigenvalue weighted by Crippen LogP contribution is -2.22. The van der Waals surface area contributed by atoms with Gasteiger partial charge in [-0.2, -0.15) is 4.37 Å². The molecule has 0 aliphatic heterocycles. The van der Waals surface area contributed by atoms with E-state index in [-0.39, 0.29) is 11.1 Å². The van der Waals surface area contributed by atoms with Crippen LogP contribution in [0, 0.1) is 18.6 Å². The maximum Gasteiger partial charge on any atom is 0.132 e. The van der Waals surface area contributed by atoms with Crippen LogP contribution in [-0.4, -0.2) is 17.7 Å². The molecule has 1 N–H and O–H groups in total. The SMILES string of the molecule is CCC(C)(C=O)c1ccc(-c2cc(F)c(-c3snc(C)c3NC)cc2F)cc1. The quantitative estimate of drug-likeness (QED) is 0.518. The van der Waals surface area contributed by atoms with E-state index in [4.69, 9.17) is 0 Å². The Balaban J connectivity index is 2.03. The maximum atomic E-state index is 14.9. The van der Waals surface area contributed by atoms with Crippen molar-refractivity contribution in [2.24, 2.45) is 0 Å². The summed E-state index contributed by atoms with van der Waals surface area (Å²) in [5, 5.41) is 3.00. The molecule has 3 rings (SSSR count). The minimum absolute atomic E-state index is 0.185. The first kappa shape index (κ1) is 20.1. The van der Waals surface area contributed by atoms with Crippen LogP contribution in [0.25, 0.3) is 21.6 Å². The molecular formula is C22H22F2N2OS. The van der Waals surface area contributed by atoms with Crippen LogP contribution in [0.4, 0.5) is 14.5 Å². The molecule has 0 amide bonds. The van der Waals surface area contributed by atoms with Gasteiger partial charge in [0.15, 0.2) is 0 Å². The molecule has 0 saturated carbocycles. The van der Waals surface area contributed by atoms with E-state index in [2.05, 4.69) is 9.69 Å². The summed E-state index contributed by atoms with van der Waals surface area (Å²) >= 11 is 1.14. The van der Waals surface area contributed by atoms with Crippen LogP contribution in [-0.2, 0) is 10.2 Å². The van der Waals surface area contributed by atoms with Crippen LogP contribution in [0.15, 0.2) is 36.4 Å². The van der Waals surface area contributed by atoms with Crippen molar-refractivity contribution in [3.63, 3.8) is 0 Å².